The molecule has 0 saturated carbocycles. The van der Waals surface area contributed by atoms with Gasteiger partial charge in [-0.25, -0.2) is 13.6 Å². The van der Waals surface area contributed by atoms with Gasteiger partial charge in [0, 0.05) is 7.11 Å². The number of hydrogen-bond donors (Lipinski definition) is 1. The van der Waals surface area contributed by atoms with Crippen molar-refractivity contribution in [1.29, 1.82) is 0 Å². The van der Waals surface area contributed by atoms with Gasteiger partial charge in [0.05, 0.1) is 40.4 Å². The second-order valence-corrected chi connectivity index (χ2v) is 13.0. The van der Waals surface area contributed by atoms with E-state index in [-0.39, 0.29) is 19.3 Å². The molecule has 2 N–H and O–H groups in total. The predicted octanol–water partition coefficient (Wildman–Crippen LogP) is 6.98. The highest BCUT2D eigenvalue weighted by Gasteiger charge is 2.33. The molecule has 0 rings (SSSR count). The quantitative estimate of drug-likeness (QED) is 0.0529. The summed E-state index contributed by atoms with van der Waals surface area (Å²) in [5.41, 5.74) is 0. The van der Waals surface area contributed by atoms with E-state index in [0.29, 0.717) is 17.6 Å². The van der Waals surface area contributed by atoms with E-state index in [4.69, 9.17) is 13.8 Å². The van der Waals surface area contributed by atoms with Crippen LogP contribution in [0.2, 0.25) is 0 Å². The first kappa shape index (κ1) is 36.0. The summed E-state index contributed by atoms with van der Waals surface area (Å²) in [4.78, 5) is 12.3. The standard InChI is InChI=1S/C28H61N2O5P/c1-7-8-9-10-11-12-13-14-15-16-17-18-19-20-21-22-23-29(2)28(26-33-6)27-35-36(31,32)34-25-24-30(3,4)5/h28H,7-27H2,1-6H3/p+2/t28-/m1/s1. The smallest absolute Gasteiger partial charge is 0.383 e. The van der Waals surface area contributed by atoms with Crippen molar-refractivity contribution in [3.05, 3.63) is 0 Å². The summed E-state index contributed by atoms with van der Waals surface area (Å²) in [7, 11) is 5.99. The molecule has 0 aromatic rings. The maximum atomic E-state index is 10.1. The van der Waals surface area contributed by atoms with Crippen molar-refractivity contribution in [2.75, 3.05) is 68.2 Å². The second kappa shape index (κ2) is 22.9. The molecule has 0 heterocycles. The van der Waals surface area contributed by atoms with Crippen LogP contribution < -0.4 is 0 Å². The Morgan fingerprint density at radius 3 is 1.61 bits per heavy atom. The van der Waals surface area contributed by atoms with E-state index in [1.807, 2.05) is 28.2 Å². The van der Waals surface area contributed by atoms with Crippen molar-refractivity contribution >= 4 is 7.82 Å². The Hall–Kier alpha value is -0.0100. The van der Waals surface area contributed by atoms with Crippen molar-refractivity contribution in [3.63, 3.8) is 0 Å². The van der Waals surface area contributed by atoms with Crippen LogP contribution >= 0.6 is 7.82 Å². The summed E-state index contributed by atoms with van der Waals surface area (Å²) in [5, 5.41) is 0. The third kappa shape index (κ3) is 24.3. The number of nitrogens with zero attached hydrogens (tertiary/aromatic N) is 2. The number of rotatable bonds is 27. The molecule has 0 saturated heterocycles. The van der Waals surface area contributed by atoms with Crippen LogP contribution in [0, 0.1) is 0 Å². The molecule has 0 radical (unpaired) electrons. The lowest BCUT2D eigenvalue weighted by Gasteiger charge is -2.27. The molecule has 2 atom stereocenters. The van der Waals surface area contributed by atoms with E-state index >= 15 is 0 Å². The number of ether oxygens (including phenoxy) is 1. The number of likely N-dealkylation sites (N-methyl/N-ethyl adjacent to an activating group) is 2. The molecule has 0 aromatic heterocycles. The minimum Gasteiger partial charge on any atom is -0.383 e. The Labute approximate surface area is 224 Å². The van der Waals surface area contributed by atoms with Crippen LogP contribution in [0.5, 0.6) is 0 Å². The summed E-state index contributed by atoms with van der Waals surface area (Å²) >= 11 is 0. The van der Waals surface area contributed by atoms with E-state index in [0.717, 1.165) is 13.0 Å². The summed E-state index contributed by atoms with van der Waals surface area (Å²) in [5.74, 6) is 0. The molecule has 1 unspecified atom stereocenters. The number of hydrogen-bond acceptors (Lipinski definition) is 4. The molecule has 218 valence electrons. The van der Waals surface area contributed by atoms with Crippen molar-refractivity contribution in [3.8, 4) is 0 Å². The Morgan fingerprint density at radius 1 is 0.750 bits per heavy atom. The molecule has 36 heavy (non-hydrogen) atoms. The van der Waals surface area contributed by atoms with Gasteiger partial charge in [-0.3, -0.25) is 9.79 Å². The van der Waals surface area contributed by atoms with Crippen molar-refractivity contribution < 1.29 is 27.7 Å². The SMILES string of the molecule is CCCCCCCCCCCCCCCCCCN(C)[C@H](COC)COP(O)(=[OH+])OCC[N+](C)(C)C. The van der Waals surface area contributed by atoms with E-state index in [2.05, 4.69) is 11.8 Å². The molecule has 0 aliphatic rings. The van der Waals surface area contributed by atoms with E-state index in [9.17, 15) is 9.46 Å². The number of methoxy groups -OCH3 is 1. The first-order chi connectivity index (χ1) is 17.1. The summed E-state index contributed by atoms with van der Waals surface area (Å²) in [6, 6.07) is -0.0352. The lowest BCUT2D eigenvalue weighted by molar-refractivity contribution is -0.870. The molecule has 0 spiro atoms. The largest absolute Gasteiger partial charge is 0.663 e. The zero-order chi connectivity index (χ0) is 27.1. The molecular weight excluding hydrogens is 475 g/mol. The first-order valence-corrected chi connectivity index (χ1v) is 16.3. The highest BCUT2D eigenvalue weighted by Crippen LogP contribution is 2.42. The highest BCUT2D eigenvalue weighted by atomic mass is 31.2. The molecule has 0 amide bonds. The van der Waals surface area contributed by atoms with Gasteiger partial charge < -0.3 is 9.22 Å². The third-order valence-corrected chi connectivity index (χ3v) is 7.81. The zero-order valence-corrected chi connectivity index (χ0v) is 25.8. The average Bonchev–Trinajstić information content (AvgIpc) is 2.80. The third-order valence-electron chi connectivity index (χ3n) is 6.80. The molecule has 7 nitrogen and oxygen atoms in total. The van der Waals surface area contributed by atoms with Gasteiger partial charge in [0.15, 0.2) is 0 Å². The van der Waals surface area contributed by atoms with E-state index < -0.39 is 7.82 Å². The van der Waals surface area contributed by atoms with Crippen LogP contribution in [0.4, 0.5) is 0 Å². The molecule has 8 heteroatoms. The van der Waals surface area contributed by atoms with Crippen LogP contribution in [-0.4, -0.2) is 93.1 Å². The van der Waals surface area contributed by atoms with Crippen molar-refractivity contribution in [2.24, 2.45) is 0 Å². The summed E-state index contributed by atoms with van der Waals surface area (Å²) in [6.45, 7) is 4.80. The predicted molar refractivity (Wildman–Crippen MR) is 154 cm³/mol. The van der Waals surface area contributed by atoms with Gasteiger partial charge in [-0.15, -0.1) is 0 Å². The second-order valence-electron chi connectivity index (χ2n) is 11.5. The Kier molecular flexibility index (Phi) is 22.9. The Balaban J connectivity index is 3.78. The lowest BCUT2D eigenvalue weighted by atomic mass is 10.0. The summed E-state index contributed by atoms with van der Waals surface area (Å²) < 4.78 is 26.7. The van der Waals surface area contributed by atoms with Crippen molar-refractivity contribution in [2.45, 2.75) is 116 Å². The highest BCUT2D eigenvalue weighted by molar-refractivity contribution is 7.47. The number of quaternary nitrogens is 1. The van der Waals surface area contributed by atoms with Gasteiger partial charge >= 0.3 is 7.82 Å². The maximum Gasteiger partial charge on any atom is 0.663 e. The van der Waals surface area contributed by atoms with Gasteiger partial charge in [-0.1, -0.05) is 103 Å². The van der Waals surface area contributed by atoms with Gasteiger partial charge in [0.25, 0.3) is 0 Å². The van der Waals surface area contributed by atoms with Gasteiger partial charge in [-0.2, -0.15) is 0 Å². The maximum absolute atomic E-state index is 10.1. The fourth-order valence-electron chi connectivity index (χ4n) is 4.24. The fraction of sp³-hybridized carbons (Fsp3) is 1.00. The Morgan fingerprint density at radius 2 is 1.19 bits per heavy atom. The van der Waals surface area contributed by atoms with Gasteiger partial charge in [-0.05, 0) is 20.0 Å². The normalized spacial score (nSPS) is 14.9. The monoisotopic (exact) mass is 538 g/mol. The van der Waals surface area contributed by atoms with Crippen molar-refractivity contribution in [1.82, 2.24) is 4.90 Å². The minimum atomic E-state index is -3.80. The fourth-order valence-corrected chi connectivity index (χ4v) is 5.00. The molecule has 0 aromatic carbocycles. The van der Waals surface area contributed by atoms with E-state index in [1.54, 1.807) is 7.11 Å². The Bertz CT molecular complexity index is 531. The van der Waals surface area contributed by atoms with Crippen LogP contribution in [0.25, 0.3) is 0 Å². The first-order valence-electron chi connectivity index (χ1n) is 14.7. The van der Waals surface area contributed by atoms with E-state index in [1.165, 1.54) is 96.3 Å². The molecule has 0 fully saturated rings. The van der Waals surface area contributed by atoms with Crippen LogP contribution in [0.1, 0.15) is 110 Å². The minimum absolute atomic E-state index is 0.0352. The van der Waals surface area contributed by atoms with Gasteiger partial charge in [0.2, 0.25) is 0 Å². The topological polar surface area (TPSA) is 72.6 Å². The van der Waals surface area contributed by atoms with Crippen LogP contribution in [-0.2, 0) is 13.8 Å². The zero-order valence-electron chi connectivity index (χ0n) is 24.9. The lowest BCUT2D eigenvalue weighted by Crippen LogP contribution is -2.39. The molecule has 0 aliphatic heterocycles. The average molecular weight is 539 g/mol. The molecular formula is C28H63N2O5P+2. The molecule has 0 bridgehead atoms. The van der Waals surface area contributed by atoms with Crippen LogP contribution in [0.15, 0.2) is 0 Å². The summed E-state index contributed by atoms with van der Waals surface area (Å²) in [6.07, 6.45) is 21.9. The number of unbranched alkanes of at least 4 members (excludes halogenated alkanes) is 15. The van der Waals surface area contributed by atoms with Crippen LogP contribution in [0.3, 0.4) is 0 Å². The molecule has 0 aliphatic carbocycles. The van der Waals surface area contributed by atoms with Gasteiger partial charge in [0.1, 0.15) is 13.2 Å².